The van der Waals surface area contributed by atoms with E-state index in [0.29, 0.717) is 18.6 Å². The Kier molecular flexibility index (Phi) is 9.45. The van der Waals surface area contributed by atoms with E-state index in [1.54, 1.807) is 13.8 Å². The van der Waals surface area contributed by atoms with Crippen molar-refractivity contribution < 1.29 is 38.7 Å². The van der Waals surface area contributed by atoms with E-state index < -0.39 is 35.7 Å². The first kappa shape index (κ1) is 31.8. The van der Waals surface area contributed by atoms with Gasteiger partial charge in [0.15, 0.2) is 17.1 Å². The van der Waals surface area contributed by atoms with Crippen LogP contribution in [0.2, 0.25) is 0 Å². The number of benzene rings is 1. The van der Waals surface area contributed by atoms with Gasteiger partial charge < -0.3 is 29.2 Å². The number of carbonyl (C=O) groups is 2. The molecule has 5 rings (SSSR count). The van der Waals surface area contributed by atoms with Crippen molar-refractivity contribution in [2.24, 2.45) is 0 Å². The summed E-state index contributed by atoms with van der Waals surface area (Å²) in [6.07, 6.45) is 8.51. The van der Waals surface area contributed by atoms with E-state index in [4.69, 9.17) is 18.9 Å². The average molecular weight is 600 g/mol. The highest BCUT2D eigenvalue weighted by molar-refractivity contribution is 5.86. The third-order valence-corrected chi connectivity index (χ3v) is 9.67. The van der Waals surface area contributed by atoms with Gasteiger partial charge in [0.05, 0.1) is 24.2 Å². The molecule has 3 heterocycles. The first-order chi connectivity index (χ1) is 20.5. The van der Waals surface area contributed by atoms with Crippen LogP contribution in [0.3, 0.4) is 0 Å². The number of nitrogens with zero attached hydrogens (tertiary/aromatic N) is 1. The van der Waals surface area contributed by atoms with Crippen molar-refractivity contribution in [1.29, 1.82) is 0 Å². The van der Waals surface area contributed by atoms with E-state index in [2.05, 4.69) is 24.0 Å². The Morgan fingerprint density at radius 3 is 2.58 bits per heavy atom. The van der Waals surface area contributed by atoms with Crippen molar-refractivity contribution in [2.45, 2.75) is 127 Å². The molecular formula is C34H49NO8. The number of unbranched alkanes of at least 4 members (excludes halogenated alkanes) is 3. The molecule has 1 aromatic carbocycles. The molecule has 2 unspecified atom stereocenters. The van der Waals surface area contributed by atoms with Gasteiger partial charge in [-0.2, -0.15) is 0 Å². The molecule has 1 spiro atoms. The lowest BCUT2D eigenvalue weighted by Gasteiger charge is -2.40. The molecule has 3 aliphatic heterocycles. The highest BCUT2D eigenvalue weighted by Gasteiger charge is 2.57. The number of ether oxygens (including phenoxy) is 4. The van der Waals surface area contributed by atoms with Gasteiger partial charge in [-0.1, -0.05) is 32.3 Å². The minimum Gasteiger partial charge on any atom is -0.466 e. The molecule has 1 aliphatic carbocycles. The summed E-state index contributed by atoms with van der Waals surface area (Å²) >= 11 is 0. The van der Waals surface area contributed by atoms with Gasteiger partial charge >= 0.3 is 11.9 Å². The van der Waals surface area contributed by atoms with E-state index in [1.165, 1.54) is 0 Å². The summed E-state index contributed by atoms with van der Waals surface area (Å²) in [6, 6.07) is 4.11. The van der Waals surface area contributed by atoms with Gasteiger partial charge in [-0.05, 0) is 101 Å². The number of rotatable bonds is 13. The highest BCUT2D eigenvalue weighted by Crippen LogP contribution is 2.55. The molecule has 4 atom stereocenters. The molecule has 1 fully saturated rings. The molecule has 1 aromatic rings. The van der Waals surface area contributed by atoms with Crippen molar-refractivity contribution in [1.82, 2.24) is 4.90 Å². The maximum Gasteiger partial charge on any atom is 0.339 e. The summed E-state index contributed by atoms with van der Waals surface area (Å²) in [5.41, 5.74) is -0.169. The zero-order chi connectivity index (χ0) is 30.8. The molecule has 0 amide bonds. The minimum absolute atomic E-state index is 0.0204. The summed E-state index contributed by atoms with van der Waals surface area (Å²) < 4.78 is 23.2. The van der Waals surface area contributed by atoms with Crippen LogP contribution >= 0.6 is 0 Å². The Balaban J connectivity index is 1.40. The van der Waals surface area contributed by atoms with Crippen molar-refractivity contribution >= 4 is 11.9 Å². The minimum atomic E-state index is -2.07. The summed E-state index contributed by atoms with van der Waals surface area (Å²) in [5.74, 6) is -0.196. The largest absolute Gasteiger partial charge is 0.466 e. The molecule has 9 nitrogen and oxygen atoms in total. The zero-order valence-electron chi connectivity index (χ0n) is 26.3. The predicted octanol–water partition coefficient (Wildman–Crippen LogP) is 4.95. The van der Waals surface area contributed by atoms with Crippen molar-refractivity contribution in [3.8, 4) is 11.5 Å². The molecule has 9 heteroatoms. The molecule has 2 N–H and O–H groups in total. The fraction of sp³-hybridized carbons (Fsp3) is 0.706. The van der Waals surface area contributed by atoms with Crippen LogP contribution in [0.5, 0.6) is 11.5 Å². The second kappa shape index (κ2) is 12.8. The van der Waals surface area contributed by atoms with Crippen molar-refractivity contribution in [3.05, 3.63) is 34.9 Å². The molecule has 0 saturated carbocycles. The molecule has 1 saturated heterocycles. The summed E-state index contributed by atoms with van der Waals surface area (Å²) in [4.78, 5) is 29.4. The van der Waals surface area contributed by atoms with Gasteiger partial charge in [0.2, 0.25) is 6.79 Å². The van der Waals surface area contributed by atoms with Crippen LogP contribution in [-0.4, -0.2) is 76.4 Å². The topological polar surface area (TPSA) is 115 Å². The molecule has 4 aliphatic rings. The molecule has 0 radical (unpaired) electrons. The lowest BCUT2D eigenvalue weighted by molar-refractivity contribution is -0.178. The second-order valence-corrected chi connectivity index (χ2v) is 13.6. The van der Waals surface area contributed by atoms with Crippen LogP contribution in [0.25, 0.3) is 0 Å². The van der Waals surface area contributed by atoms with E-state index >= 15 is 0 Å². The lowest BCUT2D eigenvalue weighted by atomic mass is 9.77. The highest BCUT2D eigenvalue weighted by atomic mass is 16.7. The number of hydrogen-bond donors (Lipinski definition) is 2. The summed E-state index contributed by atoms with van der Waals surface area (Å²) in [7, 11) is 0. The third kappa shape index (κ3) is 6.74. The standard InChI is InChI=1S/C34H49NO8/c1-5-6-7-8-17-40-28(36)21-34(39,14-9-12-32(3,4)38)31(37)43-30-23(2)20-33-13-10-15-35(33)16-11-24-18-26-27(42-22-41-26)19-25(24)29(30)33/h18-20,29-30,38-39H,5-17,21-22H2,1-4H3/t29-,30?,33?,34-/m1/s1. The monoisotopic (exact) mass is 599 g/mol. The van der Waals surface area contributed by atoms with E-state index in [0.717, 1.165) is 80.5 Å². The predicted molar refractivity (Wildman–Crippen MR) is 161 cm³/mol. The van der Waals surface area contributed by atoms with Crippen LogP contribution in [0.1, 0.15) is 109 Å². The molecule has 0 aromatic heterocycles. The van der Waals surface area contributed by atoms with Crippen LogP contribution in [0.15, 0.2) is 23.8 Å². The normalized spacial score (nSPS) is 25.7. The molecule has 0 bridgehead atoms. The fourth-order valence-electron chi connectivity index (χ4n) is 7.51. The quantitative estimate of drug-likeness (QED) is 0.185. The van der Waals surface area contributed by atoms with Crippen LogP contribution < -0.4 is 9.47 Å². The number of hydrogen-bond acceptors (Lipinski definition) is 9. The van der Waals surface area contributed by atoms with Crippen LogP contribution in [-0.2, 0) is 25.5 Å². The first-order valence-corrected chi connectivity index (χ1v) is 16.1. The maximum absolute atomic E-state index is 14.0. The maximum atomic E-state index is 14.0. The first-order valence-electron chi connectivity index (χ1n) is 16.1. The number of carbonyl (C=O) groups excluding carboxylic acids is 2. The summed E-state index contributed by atoms with van der Waals surface area (Å²) in [6.45, 7) is 9.76. The SMILES string of the molecule is CCCCCCOC(=O)C[C@](O)(CCCC(C)(C)O)C(=O)OC1C(C)=CC23CCCN2CCc2cc4c(cc2[C@H]13)OCO4. The van der Waals surface area contributed by atoms with Gasteiger partial charge in [0.25, 0.3) is 0 Å². The summed E-state index contributed by atoms with van der Waals surface area (Å²) in [5, 5.41) is 22.0. The van der Waals surface area contributed by atoms with Gasteiger partial charge in [0.1, 0.15) is 6.10 Å². The molecular weight excluding hydrogens is 550 g/mol. The smallest absolute Gasteiger partial charge is 0.339 e. The van der Waals surface area contributed by atoms with Gasteiger partial charge in [-0.15, -0.1) is 0 Å². The Morgan fingerprint density at radius 1 is 1.07 bits per heavy atom. The Bertz CT molecular complexity index is 1220. The number of aliphatic hydroxyl groups is 2. The molecule has 43 heavy (non-hydrogen) atoms. The Hall–Kier alpha value is -2.62. The fourth-order valence-corrected chi connectivity index (χ4v) is 7.51. The van der Waals surface area contributed by atoms with E-state index in [9.17, 15) is 19.8 Å². The van der Waals surface area contributed by atoms with Gasteiger partial charge in [-0.25, -0.2) is 4.79 Å². The van der Waals surface area contributed by atoms with Gasteiger partial charge in [0, 0.05) is 12.5 Å². The van der Waals surface area contributed by atoms with Gasteiger partial charge in [-0.3, -0.25) is 9.69 Å². The van der Waals surface area contributed by atoms with E-state index in [-0.39, 0.29) is 31.3 Å². The van der Waals surface area contributed by atoms with E-state index in [1.807, 2.05) is 13.0 Å². The molecule has 238 valence electrons. The Morgan fingerprint density at radius 2 is 1.84 bits per heavy atom. The van der Waals surface area contributed by atoms with Crippen molar-refractivity contribution in [3.63, 3.8) is 0 Å². The lowest BCUT2D eigenvalue weighted by Crippen LogP contribution is -2.49. The number of esters is 2. The van der Waals surface area contributed by atoms with Crippen molar-refractivity contribution in [2.75, 3.05) is 26.5 Å². The second-order valence-electron chi connectivity index (χ2n) is 13.6. The Labute approximate surface area is 255 Å². The van der Waals surface area contributed by atoms with Crippen LogP contribution in [0.4, 0.5) is 0 Å². The number of fused-ring (bicyclic) bond motifs is 3. The third-order valence-electron chi connectivity index (χ3n) is 9.67. The zero-order valence-corrected chi connectivity index (χ0v) is 26.3. The van der Waals surface area contributed by atoms with Crippen LogP contribution in [0, 0.1) is 0 Å². The average Bonchev–Trinajstić information content (AvgIpc) is 3.61.